The van der Waals surface area contributed by atoms with Gasteiger partial charge in [-0.2, -0.15) is 0 Å². The molecule has 0 spiro atoms. The van der Waals surface area contributed by atoms with Crippen LogP contribution >= 0.6 is 11.8 Å². The Kier molecular flexibility index (Phi) is 2.84. The van der Waals surface area contributed by atoms with Gasteiger partial charge in [0.15, 0.2) is 5.16 Å². The number of para-hydroxylation sites is 2. The number of ether oxygens (including phenoxy) is 1. The third kappa shape index (κ3) is 2.08. The van der Waals surface area contributed by atoms with Crippen molar-refractivity contribution in [2.45, 2.75) is 24.1 Å². The van der Waals surface area contributed by atoms with Gasteiger partial charge in [-0.25, -0.2) is 4.98 Å². The summed E-state index contributed by atoms with van der Waals surface area (Å²) in [6.07, 6.45) is 2.80. The van der Waals surface area contributed by atoms with E-state index < -0.39 is 0 Å². The predicted molar refractivity (Wildman–Crippen MR) is 65.8 cm³/mol. The summed E-state index contributed by atoms with van der Waals surface area (Å²) < 4.78 is 5.59. The molecule has 0 unspecified atom stereocenters. The standard InChI is InChI=1S/C12H14N2OS/c1-2-6-11-10(5-1)13-12(14-11)16-8-9-4-3-7-15-9/h1-2,5-6,9H,3-4,7-8H2,(H,13,14)/t9-/m1/s1. The number of fused-ring (bicyclic) bond motifs is 1. The van der Waals surface area contributed by atoms with E-state index in [1.165, 1.54) is 12.8 Å². The number of hydrogen-bond donors (Lipinski definition) is 1. The van der Waals surface area contributed by atoms with E-state index in [0.29, 0.717) is 6.10 Å². The largest absolute Gasteiger partial charge is 0.377 e. The first-order valence-corrected chi connectivity index (χ1v) is 6.59. The van der Waals surface area contributed by atoms with Crippen molar-refractivity contribution in [3.8, 4) is 0 Å². The van der Waals surface area contributed by atoms with Crippen LogP contribution in [0.3, 0.4) is 0 Å². The van der Waals surface area contributed by atoms with Crippen molar-refractivity contribution in [3.63, 3.8) is 0 Å². The Bertz CT molecular complexity index is 444. The van der Waals surface area contributed by atoms with Gasteiger partial charge in [-0.1, -0.05) is 23.9 Å². The SMILES string of the molecule is c1ccc2[nH]c(SC[C@H]3CCCO3)nc2c1. The third-order valence-corrected chi connectivity index (χ3v) is 3.80. The second-order valence-electron chi connectivity index (χ2n) is 4.01. The normalized spacial score (nSPS) is 20.6. The number of benzene rings is 1. The van der Waals surface area contributed by atoms with Gasteiger partial charge < -0.3 is 9.72 Å². The molecular weight excluding hydrogens is 220 g/mol. The quantitative estimate of drug-likeness (QED) is 0.830. The molecule has 0 radical (unpaired) electrons. The van der Waals surface area contributed by atoms with Crippen LogP contribution in [-0.2, 0) is 4.74 Å². The van der Waals surface area contributed by atoms with Crippen LogP contribution in [0.2, 0.25) is 0 Å². The van der Waals surface area contributed by atoms with Crippen LogP contribution < -0.4 is 0 Å². The molecule has 1 aromatic heterocycles. The summed E-state index contributed by atoms with van der Waals surface area (Å²) >= 11 is 1.75. The first-order valence-electron chi connectivity index (χ1n) is 5.61. The fourth-order valence-electron chi connectivity index (χ4n) is 1.95. The zero-order valence-corrected chi connectivity index (χ0v) is 9.80. The number of H-pyrrole nitrogens is 1. The zero-order valence-electron chi connectivity index (χ0n) is 8.98. The minimum absolute atomic E-state index is 0.415. The second-order valence-corrected chi connectivity index (χ2v) is 5.01. The molecule has 0 aliphatic carbocycles. The zero-order chi connectivity index (χ0) is 10.8. The van der Waals surface area contributed by atoms with Crippen LogP contribution in [0.4, 0.5) is 0 Å². The van der Waals surface area contributed by atoms with Gasteiger partial charge in [-0.3, -0.25) is 0 Å². The Hall–Kier alpha value is -1.00. The molecule has 3 rings (SSSR count). The van der Waals surface area contributed by atoms with Crippen molar-refractivity contribution in [3.05, 3.63) is 24.3 Å². The number of hydrogen-bond acceptors (Lipinski definition) is 3. The summed E-state index contributed by atoms with van der Waals surface area (Å²) in [6.45, 7) is 0.922. The van der Waals surface area contributed by atoms with Crippen molar-refractivity contribution in [1.29, 1.82) is 0 Å². The number of aromatic amines is 1. The molecule has 1 N–H and O–H groups in total. The average molecular weight is 234 g/mol. The lowest BCUT2D eigenvalue weighted by atomic mass is 10.3. The molecule has 1 saturated heterocycles. The molecule has 4 heteroatoms. The molecule has 1 aromatic carbocycles. The van der Waals surface area contributed by atoms with Crippen LogP contribution in [0.5, 0.6) is 0 Å². The van der Waals surface area contributed by atoms with Crippen LogP contribution in [0.1, 0.15) is 12.8 Å². The van der Waals surface area contributed by atoms with Gasteiger partial charge in [0.25, 0.3) is 0 Å². The molecule has 16 heavy (non-hydrogen) atoms. The highest BCUT2D eigenvalue weighted by atomic mass is 32.2. The highest BCUT2D eigenvalue weighted by Gasteiger charge is 2.16. The van der Waals surface area contributed by atoms with Gasteiger partial charge in [-0.15, -0.1) is 0 Å². The van der Waals surface area contributed by atoms with Gasteiger partial charge >= 0.3 is 0 Å². The van der Waals surface area contributed by atoms with Crippen LogP contribution in [0.25, 0.3) is 11.0 Å². The molecule has 0 bridgehead atoms. The molecule has 0 amide bonds. The summed E-state index contributed by atoms with van der Waals surface area (Å²) in [5.74, 6) is 1.000. The lowest BCUT2D eigenvalue weighted by Gasteiger charge is -2.05. The minimum Gasteiger partial charge on any atom is -0.377 e. The summed E-state index contributed by atoms with van der Waals surface area (Å²) in [4.78, 5) is 7.84. The maximum atomic E-state index is 5.59. The number of aromatic nitrogens is 2. The first-order chi connectivity index (χ1) is 7.92. The fourth-order valence-corrected chi connectivity index (χ4v) is 2.90. The lowest BCUT2D eigenvalue weighted by Crippen LogP contribution is -2.07. The molecule has 2 aromatic rings. The van der Waals surface area contributed by atoms with Crippen LogP contribution in [0.15, 0.2) is 29.4 Å². The molecule has 1 aliphatic rings. The molecule has 0 saturated carbocycles. The first kappa shape index (κ1) is 10.2. The smallest absolute Gasteiger partial charge is 0.166 e. The Balaban J connectivity index is 1.69. The summed E-state index contributed by atoms with van der Waals surface area (Å²) in [5, 5.41) is 0.997. The van der Waals surface area contributed by atoms with E-state index in [1.54, 1.807) is 11.8 Å². The van der Waals surface area contributed by atoms with E-state index in [4.69, 9.17) is 4.74 Å². The Morgan fingerprint density at radius 1 is 1.44 bits per heavy atom. The average Bonchev–Trinajstić information content (AvgIpc) is 2.95. The lowest BCUT2D eigenvalue weighted by molar-refractivity contribution is 0.129. The third-order valence-electron chi connectivity index (χ3n) is 2.80. The van der Waals surface area contributed by atoms with E-state index in [2.05, 4.69) is 16.0 Å². The number of thioether (sulfide) groups is 1. The predicted octanol–water partition coefficient (Wildman–Crippen LogP) is 2.83. The molecule has 3 nitrogen and oxygen atoms in total. The summed E-state index contributed by atoms with van der Waals surface area (Å²) in [6, 6.07) is 8.12. The molecular formula is C12H14N2OS. The van der Waals surface area contributed by atoms with E-state index in [0.717, 1.165) is 28.5 Å². The van der Waals surface area contributed by atoms with Gasteiger partial charge in [0, 0.05) is 12.4 Å². The van der Waals surface area contributed by atoms with Crippen molar-refractivity contribution >= 4 is 22.8 Å². The van der Waals surface area contributed by atoms with Crippen molar-refractivity contribution in [2.24, 2.45) is 0 Å². The van der Waals surface area contributed by atoms with Crippen LogP contribution in [0, 0.1) is 0 Å². The Morgan fingerprint density at radius 2 is 2.38 bits per heavy atom. The minimum atomic E-state index is 0.415. The Labute approximate surface area is 98.6 Å². The molecule has 1 aliphatic heterocycles. The monoisotopic (exact) mass is 234 g/mol. The van der Waals surface area contributed by atoms with E-state index in [-0.39, 0.29) is 0 Å². The second kappa shape index (κ2) is 4.47. The Morgan fingerprint density at radius 3 is 3.19 bits per heavy atom. The van der Waals surface area contributed by atoms with Gasteiger partial charge in [0.2, 0.25) is 0 Å². The maximum absolute atomic E-state index is 5.59. The van der Waals surface area contributed by atoms with Crippen molar-refractivity contribution in [1.82, 2.24) is 9.97 Å². The number of nitrogens with zero attached hydrogens (tertiary/aromatic N) is 1. The maximum Gasteiger partial charge on any atom is 0.166 e. The number of nitrogens with one attached hydrogen (secondary N) is 1. The number of imidazole rings is 1. The highest BCUT2D eigenvalue weighted by molar-refractivity contribution is 7.99. The topological polar surface area (TPSA) is 37.9 Å². The van der Waals surface area contributed by atoms with Gasteiger partial charge in [-0.05, 0) is 25.0 Å². The van der Waals surface area contributed by atoms with Crippen molar-refractivity contribution < 1.29 is 4.74 Å². The fraction of sp³-hybridized carbons (Fsp3) is 0.417. The summed E-state index contributed by atoms with van der Waals surface area (Å²) in [5.41, 5.74) is 2.15. The molecule has 1 fully saturated rings. The molecule has 1 atom stereocenters. The molecule has 2 heterocycles. The number of rotatable bonds is 3. The van der Waals surface area contributed by atoms with E-state index in [9.17, 15) is 0 Å². The van der Waals surface area contributed by atoms with E-state index >= 15 is 0 Å². The van der Waals surface area contributed by atoms with Crippen molar-refractivity contribution in [2.75, 3.05) is 12.4 Å². The molecule has 84 valence electrons. The van der Waals surface area contributed by atoms with Crippen LogP contribution in [-0.4, -0.2) is 28.4 Å². The summed E-state index contributed by atoms with van der Waals surface area (Å²) in [7, 11) is 0. The highest BCUT2D eigenvalue weighted by Crippen LogP contribution is 2.23. The van der Waals surface area contributed by atoms with Gasteiger partial charge in [0.05, 0.1) is 17.1 Å². The van der Waals surface area contributed by atoms with Gasteiger partial charge in [0.1, 0.15) is 0 Å². The van der Waals surface area contributed by atoms with E-state index in [1.807, 2.05) is 18.2 Å².